The maximum atomic E-state index is 14.6. The molecular weight excluding hydrogens is 1930 g/mol. The minimum atomic E-state index is -1.75. The van der Waals surface area contributed by atoms with Gasteiger partial charge in [-0.05, 0) is 194 Å². The number of aromatic nitrogens is 1. The number of nitrogens with two attached hydrogens (primary N) is 1. The first-order valence-corrected chi connectivity index (χ1v) is 41.1. The van der Waals surface area contributed by atoms with Gasteiger partial charge in [0.2, 0.25) is 11.6 Å². The normalized spacial score (nSPS) is 10.5. The molecule has 0 unspecified atom stereocenters. The van der Waals surface area contributed by atoms with E-state index in [1.165, 1.54) is 137 Å². The highest BCUT2D eigenvalue weighted by atomic mass is 19.2. The van der Waals surface area contributed by atoms with Gasteiger partial charge >= 0.3 is 23.9 Å². The van der Waals surface area contributed by atoms with Crippen molar-refractivity contribution in [3.05, 3.63) is 468 Å². The van der Waals surface area contributed by atoms with Gasteiger partial charge in [0.05, 0.1) is 27.9 Å². The van der Waals surface area contributed by atoms with Crippen LogP contribution in [0.1, 0.15) is 159 Å². The molecule has 15 aromatic rings. The minimum Gasteiger partial charge on any atom is -0.506 e. The highest BCUT2D eigenvalue weighted by Gasteiger charge is 2.29. The van der Waals surface area contributed by atoms with Crippen LogP contribution in [0, 0.1) is 150 Å². The zero-order chi connectivity index (χ0) is 106. The minimum absolute atomic E-state index is 0.0330. The third kappa shape index (κ3) is 28.3. The van der Waals surface area contributed by atoms with Gasteiger partial charge in [-0.2, -0.15) is 8.78 Å². The lowest BCUT2D eigenvalue weighted by Crippen LogP contribution is -2.10. The van der Waals surface area contributed by atoms with Crippen LogP contribution >= 0.6 is 0 Å². The first kappa shape index (κ1) is 111. The Kier molecular flexibility index (Phi) is 39.2. The molecule has 143 heavy (non-hydrogen) atoms. The number of nitrogen functional groups attached to an aromatic ring is 1. The van der Waals surface area contributed by atoms with E-state index < -0.39 is 174 Å². The Morgan fingerprint density at radius 2 is 0.678 bits per heavy atom. The number of ether oxygens (including phenoxy) is 1. The van der Waals surface area contributed by atoms with Crippen molar-refractivity contribution in [1.82, 2.24) is 4.98 Å². The number of carboxylic acids is 4. The van der Waals surface area contributed by atoms with Crippen LogP contribution in [-0.4, -0.2) is 71.1 Å². The molecule has 0 saturated heterocycles. The fraction of sp³-hybridized carbons (Fsp3) is 0.117. The molecule has 0 aliphatic rings. The maximum absolute atomic E-state index is 14.6. The number of hydrogen-bond donors (Lipinski definition) is 7. The smallest absolute Gasteiger partial charge is 0.338 e. The van der Waals surface area contributed by atoms with Crippen molar-refractivity contribution in [2.24, 2.45) is 5.11 Å². The van der Waals surface area contributed by atoms with E-state index in [1.807, 2.05) is 6.07 Å². The average molecular weight is 2000 g/mol. The number of oxazole rings is 1. The molecule has 8 N–H and O–H groups in total. The van der Waals surface area contributed by atoms with E-state index in [-0.39, 0.29) is 167 Å². The van der Waals surface area contributed by atoms with Gasteiger partial charge in [-0.15, -0.1) is 0 Å². The summed E-state index contributed by atoms with van der Waals surface area (Å²) >= 11 is 0. The van der Waals surface area contributed by atoms with Gasteiger partial charge in [-0.1, -0.05) is 126 Å². The molecule has 742 valence electrons. The van der Waals surface area contributed by atoms with Crippen molar-refractivity contribution in [1.29, 1.82) is 0 Å². The predicted molar refractivity (Wildman–Crippen MR) is 479 cm³/mol. The number of rotatable bonds is 20. The number of hydrogen-bond acceptors (Lipinski definition) is 13. The first-order chi connectivity index (χ1) is 67.5. The predicted octanol–water partition coefficient (Wildman–Crippen LogP) is 26.5. The summed E-state index contributed by atoms with van der Waals surface area (Å²) in [5, 5.41) is 56.8. The third-order valence-corrected chi connectivity index (χ3v) is 20.6. The van der Waals surface area contributed by atoms with Gasteiger partial charge in [0.1, 0.15) is 58.5 Å². The number of ketones is 2. The van der Waals surface area contributed by atoms with Crippen molar-refractivity contribution in [2.75, 3.05) is 5.73 Å². The summed E-state index contributed by atoms with van der Waals surface area (Å²) in [4.78, 5) is 73.5. The van der Waals surface area contributed by atoms with Crippen LogP contribution in [0.15, 0.2) is 228 Å². The molecule has 0 radical (unpaired) electrons. The SMILES string of the molecule is CC(=O)c1cc(C)c(F)c(F)c1Cc1ccccc1F.CC(=O)c1cc(C)c(N=[N+]=[N-])c(F)c1Cc1ccccc1F.Cc1cc(C(=O)O)c(Cc2ccccc2F)c(F)c1F.Cc1cc(C(=O)O)c(F)c(F)c1F.Fc1ccc(OCc2ccccc2)c(F)c1F.Nc1c(O)cc(C(=O)O)c(Cc2ccccc2F)c1F.O=C(O)c1cc2ocnc2c(F)c1Cc1ccccc1F.Oc1ccc(F)c(F)c1F. The Bertz CT molecular complexity index is 7060. The van der Waals surface area contributed by atoms with E-state index in [0.29, 0.717) is 11.6 Å². The molecule has 1 heterocycles. The van der Waals surface area contributed by atoms with E-state index in [0.717, 1.165) is 55.3 Å². The second-order valence-electron chi connectivity index (χ2n) is 30.3. The fourth-order valence-electron chi connectivity index (χ4n) is 13.2. The molecule has 1 aromatic heterocycles. The number of anilines is 1. The summed E-state index contributed by atoms with van der Waals surface area (Å²) in [6.07, 6.45) is 0.00340. The molecule has 0 atom stereocenters. The van der Waals surface area contributed by atoms with Crippen LogP contribution in [0.2, 0.25) is 0 Å². The number of aryl methyl sites for hydroxylation is 4. The van der Waals surface area contributed by atoms with Crippen LogP contribution in [0.4, 0.5) is 104 Å². The van der Waals surface area contributed by atoms with Crippen molar-refractivity contribution >= 4 is 57.9 Å². The fourth-order valence-corrected chi connectivity index (χ4v) is 13.2. The summed E-state index contributed by atoms with van der Waals surface area (Å²) in [7, 11) is 0. The number of fused-ring (bicyclic) bond motifs is 1. The number of aromatic hydroxyl groups is 2. The van der Waals surface area contributed by atoms with Gasteiger partial charge in [-0.25, -0.2) is 108 Å². The number of phenols is 2. The number of carbonyl (C=O) groups excluding carboxylic acids is 2. The monoisotopic (exact) mass is 2000 g/mol. The Morgan fingerprint density at radius 3 is 1.08 bits per heavy atom. The Morgan fingerprint density at radius 1 is 0.343 bits per heavy atom. The summed E-state index contributed by atoms with van der Waals surface area (Å²) < 4.78 is 289. The first-order valence-electron chi connectivity index (χ1n) is 41.1. The molecule has 0 saturated carbocycles. The number of Topliss-reactive ketones (excluding diaryl/α,β-unsaturated/α-hetero) is 2. The van der Waals surface area contributed by atoms with Gasteiger partial charge in [0.25, 0.3) is 0 Å². The molecule has 19 nitrogen and oxygen atoms in total. The number of carboxylic acid groups (broad SMARTS) is 4. The molecule has 0 bridgehead atoms. The summed E-state index contributed by atoms with van der Waals surface area (Å²) in [6, 6.07) is 47.8. The van der Waals surface area contributed by atoms with E-state index in [1.54, 1.807) is 61.5 Å². The average Bonchev–Trinajstić information content (AvgIpc) is 1.71. The number of benzene rings is 14. The second-order valence-corrected chi connectivity index (χ2v) is 30.3. The Balaban J connectivity index is 0.000000201. The molecule has 0 aliphatic carbocycles. The highest BCUT2D eigenvalue weighted by molar-refractivity contribution is 5.98. The zero-order valence-electron chi connectivity index (χ0n) is 74.8. The molecule has 0 spiro atoms. The van der Waals surface area contributed by atoms with Gasteiger partial charge < -0.3 is 45.5 Å². The topological polar surface area (TPSA) is 334 Å². The maximum Gasteiger partial charge on any atom is 0.338 e. The van der Waals surface area contributed by atoms with Crippen LogP contribution in [0.3, 0.4) is 0 Å². The second kappa shape index (κ2) is 50.4. The number of nitrogens with zero attached hydrogens (tertiary/aromatic N) is 4. The lowest BCUT2D eigenvalue weighted by atomic mass is 9.94. The molecular formula is C103H74F21N5O14. The van der Waals surface area contributed by atoms with Crippen molar-refractivity contribution in [3.8, 4) is 17.2 Å². The van der Waals surface area contributed by atoms with E-state index in [9.17, 15) is 131 Å². The number of azide groups is 1. The van der Waals surface area contributed by atoms with Crippen LogP contribution < -0.4 is 10.5 Å². The van der Waals surface area contributed by atoms with Crippen molar-refractivity contribution in [3.63, 3.8) is 0 Å². The Hall–Kier alpha value is -17.2. The van der Waals surface area contributed by atoms with Crippen molar-refractivity contribution in [2.45, 2.75) is 80.3 Å². The summed E-state index contributed by atoms with van der Waals surface area (Å²) in [5.74, 6) is -31.4. The zero-order valence-corrected chi connectivity index (χ0v) is 74.8. The number of halogens is 21. The quantitative estimate of drug-likeness (QED) is 0.00545. The van der Waals surface area contributed by atoms with Crippen LogP contribution in [-0.2, 0) is 38.7 Å². The van der Waals surface area contributed by atoms with E-state index >= 15 is 0 Å². The number of carbonyl (C=O) groups is 6. The van der Waals surface area contributed by atoms with Crippen LogP contribution in [0.5, 0.6) is 17.2 Å². The largest absolute Gasteiger partial charge is 0.506 e. The lowest BCUT2D eigenvalue weighted by Gasteiger charge is -2.13. The van der Waals surface area contributed by atoms with E-state index in [4.69, 9.17) is 40.8 Å². The Labute approximate surface area is 796 Å². The standard InChI is InChI=1S/C16H13F3O.C16H13F2N3O.C15H11F3O2.C15H9F2NO3.C14H11F2NO3.C13H9F3O.C8H5F3O2.C6H3F3O/c1-9-7-12(10(2)20)13(16(19)15(9)18)8-11-5-3-4-6-14(11)17;1-9-7-12(10(2)22)13(15(18)16(9)20-21-19)8-11-5-3-4-6-14(11)17;1-8-6-11(15(19)20)10(14(18)13(8)17)7-9-4-2-3-5-12(9)16;16-11-4-2-1-3-8(11)5-9-10(15(19)20)6-12-14(13(9)17)18-7-21-12;15-10-4-2-1-3-7(10)5-8-9(14(19)20)6-11(18)13(17)12(8)16;14-10-6-7-11(13(16)12(10)15)17-8-9-4-2-1-3-5-9;1-3-2-4(8(12)13)6(10)7(11)5(3)9;7-3-1-2-4(10)6(9)5(3)8/h3-7H,8H2,1-2H3;3-7H,8H2,1-2H3;2-6H,7H2,1H3,(H,19,20);1-4,6-7H,5H2,(H,19,20);1-4,6,18H,5,17H2,(H,19,20);1-7H,8H2;2H,1H3,(H,12,13);1-2,10H. The molecule has 40 heteroatoms. The van der Waals surface area contributed by atoms with E-state index in [2.05, 4.69) is 15.0 Å². The van der Waals surface area contributed by atoms with Crippen LogP contribution in [0.25, 0.3) is 21.5 Å². The molecule has 14 aromatic carbocycles. The molecule has 0 amide bonds. The molecule has 15 rings (SSSR count). The van der Waals surface area contributed by atoms with Crippen molar-refractivity contribution < 1.29 is 161 Å². The highest BCUT2D eigenvalue weighted by Crippen LogP contribution is 2.36. The number of aromatic carboxylic acids is 4. The van der Waals surface area contributed by atoms with Gasteiger partial charge in [0.15, 0.2) is 111 Å². The third-order valence-electron chi connectivity index (χ3n) is 20.6. The lowest BCUT2D eigenvalue weighted by molar-refractivity contribution is 0.0680. The summed E-state index contributed by atoms with van der Waals surface area (Å²) in [5.41, 5.74) is 12.5. The summed E-state index contributed by atoms with van der Waals surface area (Å²) in [6.45, 7) is 8.05. The van der Waals surface area contributed by atoms with Gasteiger partial charge in [0, 0.05) is 76.0 Å². The van der Waals surface area contributed by atoms with Gasteiger partial charge in [-0.3, -0.25) is 9.59 Å². The molecule has 0 fully saturated rings. The molecule has 0 aliphatic heterocycles. The number of phenolic OH excluding ortho intramolecular Hbond substituents is 2.